The average molecular weight is 197 g/mol. The van der Waals surface area contributed by atoms with Gasteiger partial charge in [0.1, 0.15) is 0 Å². The van der Waals surface area contributed by atoms with Crippen LogP contribution in [-0.2, 0) is 4.79 Å². The van der Waals surface area contributed by atoms with Gasteiger partial charge in [-0.15, -0.1) is 0 Å². The zero-order chi connectivity index (χ0) is 9.97. The molecule has 2 unspecified atom stereocenters. The summed E-state index contributed by atoms with van der Waals surface area (Å²) in [5.74, 6) is 0.418. The van der Waals surface area contributed by atoms with Crippen molar-refractivity contribution in [3.63, 3.8) is 0 Å². The Bertz CT molecular complexity index is 213. The van der Waals surface area contributed by atoms with Crippen molar-refractivity contribution in [3.05, 3.63) is 0 Å². The maximum absolute atomic E-state index is 11.5. The van der Waals surface area contributed by atoms with E-state index in [4.69, 9.17) is 0 Å². The molecule has 3 nitrogen and oxygen atoms in total. The summed E-state index contributed by atoms with van der Waals surface area (Å²) in [6, 6.07) is 0.0191. The summed E-state index contributed by atoms with van der Waals surface area (Å²) in [4.78, 5) is 11.5. The van der Waals surface area contributed by atoms with E-state index in [1.165, 1.54) is 6.42 Å². The molecule has 0 spiro atoms. The minimum atomic E-state index is -0.319. The van der Waals surface area contributed by atoms with Gasteiger partial charge >= 0.3 is 0 Å². The zero-order valence-electron chi connectivity index (χ0n) is 8.54. The number of hydrogen-bond acceptors (Lipinski definition) is 2. The lowest BCUT2D eigenvalue weighted by Crippen LogP contribution is -2.43. The maximum Gasteiger partial charge on any atom is 0.223 e. The highest BCUT2D eigenvalue weighted by Gasteiger charge is 2.32. The Kier molecular flexibility index (Phi) is 3.06. The Hall–Kier alpha value is -0.570. The van der Waals surface area contributed by atoms with Crippen molar-refractivity contribution < 1.29 is 9.90 Å². The third-order valence-electron chi connectivity index (χ3n) is 3.26. The van der Waals surface area contributed by atoms with Gasteiger partial charge in [-0.05, 0) is 25.7 Å². The first-order valence-corrected chi connectivity index (χ1v) is 5.76. The van der Waals surface area contributed by atoms with Gasteiger partial charge in [-0.25, -0.2) is 0 Å². The summed E-state index contributed by atoms with van der Waals surface area (Å²) in [6.07, 6.45) is 6.95. The summed E-state index contributed by atoms with van der Waals surface area (Å²) < 4.78 is 0. The Labute approximate surface area is 84.9 Å². The molecule has 14 heavy (non-hydrogen) atoms. The van der Waals surface area contributed by atoms with E-state index in [-0.39, 0.29) is 24.0 Å². The first kappa shape index (κ1) is 9.97. The van der Waals surface area contributed by atoms with Gasteiger partial charge in [-0.2, -0.15) is 0 Å². The van der Waals surface area contributed by atoms with Crippen molar-refractivity contribution in [2.45, 2.75) is 57.1 Å². The van der Waals surface area contributed by atoms with E-state index in [1.807, 2.05) is 0 Å². The molecule has 0 radical (unpaired) electrons. The van der Waals surface area contributed by atoms with Crippen LogP contribution in [0.4, 0.5) is 0 Å². The van der Waals surface area contributed by atoms with Crippen molar-refractivity contribution in [2.75, 3.05) is 0 Å². The van der Waals surface area contributed by atoms with Gasteiger partial charge in [-0.3, -0.25) is 4.79 Å². The molecule has 80 valence electrons. The van der Waals surface area contributed by atoms with E-state index in [9.17, 15) is 9.90 Å². The molecule has 0 bridgehead atoms. The highest BCUT2D eigenvalue weighted by Crippen LogP contribution is 2.29. The largest absolute Gasteiger partial charge is 0.391 e. The molecule has 2 fully saturated rings. The highest BCUT2D eigenvalue weighted by atomic mass is 16.3. The molecule has 0 aliphatic heterocycles. The summed E-state index contributed by atoms with van der Waals surface area (Å²) in [6.45, 7) is 0. The molecule has 0 aromatic heterocycles. The first-order chi connectivity index (χ1) is 6.77. The number of rotatable bonds is 2. The Morgan fingerprint density at radius 3 is 2.50 bits per heavy atom. The van der Waals surface area contributed by atoms with Crippen molar-refractivity contribution in [2.24, 2.45) is 5.92 Å². The number of aliphatic hydroxyl groups excluding tert-OH is 1. The van der Waals surface area contributed by atoms with Crippen LogP contribution in [0.25, 0.3) is 0 Å². The quantitative estimate of drug-likeness (QED) is 0.654. The van der Waals surface area contributed by atoms with Gasteiger partial charge in [0, 0.05) is 5.92 Å². The molecule has 1 amide bonds. The van der Waals surface area contributed by atoms with Gasteiger partial charge in [0.05, 0.1) is 12.1 Å². The summed E-state index contributed by atoms with van der Waals surface area (Å²) in [5, 5.41) is 12.8. The normalized spacial score (nSPS) is 33.5. The minimum absolute atomic E-state index is 0.0191. The summed E-state index contributed by atoms with van der Waals surface area (Å²) >= 11 is 0. The summed E-state index contributed by atoms with van der Waals surface area (Å²) in [5.41, 5.74) is 0. The Balaban J connectivity index is 1.83. The van der Waals surface area contributed by atoms with Gasteiger partial charge in [-0.1, -0.05) is 19.3 Å². The average Bonchev–Trinajstić information content (AvgIpc) is 2.95. The molecule has 2 aliphatic carbocycles. The predicted molar refractivity (Wildman–Crippen MR) is 53.7 cm³/mol. The number of hydrogen-bond donors (Lipinski definition) is 2. The lowest BCUT2D eigenvalue weighted by Gasteiger charge is -2.21. The molecular weight excluding hydrogens is 178 g/mol. The zero-order valence-corrected chi connectivity index (χ0v) is 8.54. The SMILES string of the molecule is O=C(NC1CCCCCC1O)C1CC1. The second-order valence-electron chi connectivity index (χ2n) is 4.59. The van der Waals surface area contributed by atoms with Crippen LogP contribution >= 0.6 is 0 Å². The van der Waals surface area contributed by atoms with E-state index in [1.54, 1.807) is 0 Å². The molecule has 0 aromatic rings. The standard InChI is InChI=1S/C11H19NO2/c13-10-5-3-1-2-4-9(10)12-11(14)8-6-7-8/h8-10,13H,1-7H2,(H,12,14). The molecule has 2 saturated carbocycles. The molecular formula is C11H19NO2. The lowest BCUT2D eigenvalue weighted by molar-refractivity contribution is -0.123. The van der Waals surface area contributed by atoms with Crippen LogP contribution in [0.2, 0.25) is 0 Å². The number of aliphatic hydroxyl groups is 1. The fourth-order valence-corrected chi connectivity index (χ4v) is 2.10. The number of carbonyl (C=O) groups is 1. The predicted octanol–water partition coefficient (Wildman–Crippen LogP) is 1.21. The third-order valence-corrected chi connectivity index (χ3v) is 3.26. The molecule has 2 rings (SSSR count). The molecule has 0 saturated heterocycles. The number of carbonyl (C=O) groups excluding carboxylic acids is 1. The minimum Gasteiger partial charge on any atom is -0.391 e. The molecule has 2 N–H and O–H groups in total. The second kappa shape index (κ2) is 4.30. The second-order valence-corrected chi connectivity index (χ2v) is 4.59. The Morgan fingerprint density at radius 1 is 1.07 bits per heavy atom. The van der Waals surface area contributed by atoms with Crippen LogP contribution in [-0.4, -0.2) is 23.2 Å². The number of nitrogens with one attached hydrogen (secondary N) is 1. The summed E-state index contributed by atoms with van der Waals surface area (Å²) in [7, 11) is 0. The highest BCUT2D eigenvalue weighted by molar-refractivity contribution is 5.81. The maximum atomic E-state index is 11.5. The first-order valence-electron chi connectivity index (χ1n) is 5.76. The van der Waals surface area contributed by atoms with Crippen molar-refractivity contribution >= 4 is 5.91 Å². The molecule has 0 heterocycles. The van der Waals surface area contributed by atoms with E-state index in [2.05, 4.69) is 5.32 Å². The van der Waals surface area contributed by atoms with Gasteiger partial charge < -0.3 is 10.4 Å². The topological polar surface area (TPSA) is 49.3 Å². The van der Waals surface area contributed by atoms with E-state index in [0.717, 1.165) is 38.5 Å². The van der Waals surface area contributed by atoms with Gasteiger partial charge in [0.25, 0.3) is 0 Å². The monoisotopic (exact) mass is 197 g/mol. The van der Waals surface area contributed by atoms with Crippen LogP contribution in [0.3, 0.4) is 0 Å². The van der Waals surface area contributed by atoms with Crippen LogP contribution < -0.4 is 5.32 Å². The van der Waals surface area contributed by atoms with Crippen LogP contribution in [0.15, 0.2) is 0 Å². The van der Waals surface area contributed by atoms with Crippen molar-refractivity contribution in [1.82, 2.24) is 5.32 Å². The van der Waals surface area contributed by atoms with Crippen LogP contribution in [0.5, 0.6) is 0 Å². The Morgan fingerprint density at radius 2 is 1.79 bits per heavy atom. The lowest BCUT2D eigenvalue weighted by atomic mass is 10.1. The number of amides is 1. The van der Waals surface area contributed by atoms with Crippen LogP contribution in [0.1, 0.15) is 44.9 Å². The third kappa shape index (κ3) is 2.47. The van der Waals surface area contributed by atoms with Crippen molar-refractivity contribution in [1.29, 1.82) is 0 Å². The van der Waals surface area contributed by atoms with Gasteiger partial charge in [0.15, 0.2) is 0 Å². The fourth-order valence-electron chi connectivity index (χ4n) is 2.10. The van der Waals surface area contributed by atoms with Crippen molar-refractivity contribution in [3.8, 4) is 0 Å². The molecule has 3 heteroatoms. The smallest absolute Gasteiger partial charge is 0.223 e. The van der Waals surface area contributed by atoms with E-state index < -0.39 is 0 Å². The molecule has 2 atom stereocenters. The van der Waals surface area contributed by atoms with E-state index >= 15 is 0 Å². The van der Waals surface area contributed by atoms with E-state index in [0.29, 0.717) is 0 Å². The molecule has 2 aliphatic rings. The van der Waals surface area contributed by atoms with Crippen LogP contribution in [0, 0.1) is 5.92 Å². The fraction of sp³-hybridized carbons (Fsp3) is 0.909. The van der Waals surface area contributed by atoms with Gasteiger partial charge in [0.2, 0.25) is 5.91 Å². The molecule has 0 aromatic carbocycles.